The molecule has 0 spiro atoms. The number of primary amides is 1. The smallest absolute Gasteiger partial charge is 0.251 e. The van der Waals surface area contributed by atoms with Crippen LogP contribution in [0.15, 0.2) is 43.1 Å². The van der Waals surface area contributed by atoms with E-state index in [0.29, 0.717) is 11.1 Å². The van der Waals surface area contributed by atoms with E-state index >= 15 is 0 Å². The minimum absolute atomic E-state index is 0.0610. The largest absolute Gasteiger partial charge is 0.454 e. The van der Waals surface area contributed by atoms with Gasteiger partial charge in [0, 0.05) is 28.7 Å². The third-order valence-electron chi connectivity index (χ3n) is 3.43. The Hall–Kier alpha value is -3.15. The van der Waals surface area contributed by atoms with E-state index in [1.54, 1.807) is 12.3 Å². The van der Waals surface area contributed by atoms with Gasteiger partial charge in [0.25, 0.3) is 5.91 Å². The molecule has 2 aromatic carbocycles. The summed E-state index contributed by atoms with van der Waals surface area (Å²) in [6.45, 7) is 3.67. The Labute approximate surface area is 130 Å². The van der Waals surface area contributed by atoms with Gasteiger partial charge in [-0.3, -0.25) is 4.79 Å². The Kier molecular flexibility index (Phi) is 3.57. The molecule has 116 valence electrons. The van der Waals surface area contributed by atoms with Gasteiger partial charge in [-0.05, 0) is 24.3 Å². The van der Waals surface area contributed by atoms with Crippen molar-refractivity contribution >= 4 is 22.9 Å². The lowest BCUT2D eigenvalue weighted by Gasteiger charge is -2.12. The second-order valence-corrected chi connectivity index (χ2v) is 4.85. The SMILES string of the molecule is C=Cc1c(Oc2ccc(F)c(C(N)=O)c2)c(F)cc2[nH]ccc12. The van der Waals surface area contributed by atoms with Crippen LogP contribution in [-0.2, 0) is 0 Å². The highest BCUT2D eigenvalue weighted by molar-refractivity contribution is 5.94. The molecule has 3 N–H and O–H groups in total. The predicted octanol–water partition coefficient (Wildman–Crippen LogP) is 3.98. The van der Waals surface area contributed by atoms with Crippen LogP contribution in [0.3, 0.4) is 0 Å². The van der Waals surface area contributed by atoms with Gasteiger partial charge in [0.15, 0.2) is 11.6 Å². The van der Waals surface area contributed by atoms with Gasteiger partial charge in [-0.15, -0.1) is 0 Å². The fraction of sp³-hybridized carbons (Fsp3) is 0. The zero-order valence-corrected chi connectivity index (χ0v) is 11.9. The van der Waals surface area contributed by atoms with E-state index in [0.717, 1.165) is 17.5 Å². The van der Waals surface area contributed by atoms with Crippen LogP contribution >= 0.6 is 0 Å². The Balaban J connectivity index is 2.11. The van der Waals surface area contributed by atoms with Gasteiger partial charge in [0.05, 0.1) is 5.56 Å². The summed E-state index contributed by atoms with van der Waals surface area (Å²) in [5, 5.41) is 0.730. The molecule has 1 heterocycles. The average Bonchev–Trinajstić information content (AvgIpc) is 2.97. The molecule has 0 aliphatic carbocycles. The maximum atomic E-state index is 14.3. The number of hydrogen-bond donors (Lipinski definition) is 2. The molecule has 0 unspecified atom stereocenters. The van der Waals surface area contributed by atoms with Crippen LogP contribution < -0.4 is 10.5 Å². The van der Waals surface area contributed by atoms with E-state index in [9.17, 15) is 13.6 Å². The number of amides is 1. The quantitative estimate of drug-likeness (QED) is 0.765. The molecule has 0 fully saturated rings. The number of rotatable bonds is 4. The van der Waals surface area contributed by atoms with Crippen LogP contribution in [0, 0.1) is 11.6 Å². The molecule has 0 saturated carbocycles. The maximum absolute atomic E-state index is 14.3. The predicted molar refractivity (Wildman–Crippen MR) is 83.3 cm³/mol. The van der Waals surface area contributed by atoms with Crippen molar-refractivity contribution in [3.05, 3.63) is 65.9 Å². The number of ether oxygens (including phenoxy) is 1. The van der Waals surface area contributed by atoms with Crippen LogP contribution in [-0.4, -0.2) is 10.9 Å². The molecule has 3 aromatic rings. The number of nitrogens with one attached hydrogen (secondary N) is 1. The van der Waals surface area contributed by atoms with Crippen molar-refractivity contribution in [3.63, 3.8) is 0 Å². The molecule has 0 bridgehead atoms. The van der Waals surface area contributed by atoms with Crippen molar-refractivity contribution in [2.75, 3.05) is 0 Å². The number of fused-ring (bicyclic) bond motifs is 1. The standard InChI is InChI=1S/C17H12F2N2O2/c1-2-10-11-5-6-21-15(11)8-14(19)16(10)23-9-3-4-13(18)12(7-9)17(20)22/h2-8,21H,1H2,(H2,20,22). The third-order valence-corrected chi connectivity index (χ3v) is 3.43. The number of benzene rings is 2. The fourth-order valence-corrected chi connectivity index (χ4v) is 2.36. The van der Waals surface area contributed by atoms with Crippen LogP contribution in [0.5, 0.6) is 11.5 Å². The Morgan fingerprint density at radius 3 is 2.70 bits per heavy atom. The van der Waals surface area contributed by atoms with E-state index in [1.807, 2.05) is 0 Å². The monoisotopic (exact) mass is 314 g/mol. The van der Waals surface area contributed by atoms with Crippen LogP contribution in [0.1, 0.15) is 15.9 Å². The highest BCUT2D eigenvalue weighted by Gasteiger charge is 2.16. The first-order valence-corrected chi connectivity index (χ1v) is 6.70. The lowest BCUT2D eigenvalue weighted by atomic mass is 10.1. The molecule has 0 aliphatic rings. The highest BCUT2D eigenvalue weighted by Crippen LogP contribution is 2.35. The molecule has 0 aliphatic heterocycles. The van der Waals surface area contributed by atoms with Crippen molar-refractivity contribution in [2.45, 2.75) is 0 Å². The van der Waals surface area contributed by atoms with Crippen LogP contribution in [0.4, 0.5) is 8.78 Å². The summed E-state index contributed by atoms with van der Waals surface area (Å²) in [4.78, 5) is 14.1. The number of H-pyrrole nitrogens is 1. The van der Waals surface area contributed by atoms with Gasteiger partial charge in [-0.25, -0.2) is 8.78 Å². The maximum Gasteiger partial charge on any atom is 0.251 e. The number of aromatic nitrogens is 1. The second-order valence-electron chi connectivity index (χ2n) is 4.85. The molecule has 1 aromatic heterocycles. The third kappa shape index (κ3) is 2.55. The first-order chi connectivity index (χ1) is 11.0. The van der Waals surface area contributed by atoms with E-state index in [1.165, 1.54) is 18.2 Å². The number of hydrogen-bond acceptors (Lipinski definition) is 2. The van der Waals surface area contributed by atoms with Gasteiger partial charge in [0.2, 0.25) is 0 Å². The summed E-state index contributed by atoms with van der Waals surface area (Å²) in [5.41, 5.74) is 5.82. The highest BCUT2D eigenvalue weighted by atomic mass is 19.1. The van der Waals surface area contributed by atoms with Crippen molar-refractivity contribution in [2.24, 2.45) is 5.73 Å². The molecule has 0 atom stereocenters. The molecular formula is C17H12F2N2O2. The lowest BCUT2D eigenvalue weighted by molar-refractivity contribution is 0.0996. The summed E-state index contributed by atoms with van der Waals surface area (Å²) in [5.74, 6) is -2.28. The van der Waals surface area contributed by atoms with E-state index in [2.05, 4.69) is 11.6 Å². The molecule has 3 rings (SSSR count). The van der Waals surface area contributed by atoms with Crippen LogP contribution in [0.2, 0.25) is 0 Å². The van der Waals surface area contributed by atoms with Crippen LogP contribution in [0.25, 0.3) is 17.0 Å². The summed E-state index contributed by atoms with van der Waals surface area (Å²) in [7, 11) is 0. The lowest BCUT2D eigenvalue weighted by Crippen LogP contribution is -2.13. The van der Waals surface area contributed by atoms with Gasteiger partial charge >= 0.3 is 0 Å². The van der Waals surface area contributed by atoms with Crippen molar-refractivity contribution in [1.29, 1.82) is 0 Å². The summed E-state index contributed by atoms with van der Waals surface area (Å²) in [6.07, 6.45) is 3.14. The normalized spacial score (nSPS) is 10.7. The zero-order chi connectivity index (χ0) is 16.6. The molecule has 4 nitrogen and oxygen atoms in total. The van der Waals surface area contributed by atoms with Gasteiger partial charge in [-0.1, -0.05) is 12.7 Å². The first kappa shape index (κ1) is 14.8. The van der Waals surface area contributed by atoms with Gasteiger partial charge in [-0.2, -0.15) is 0 Å². The van der Waals surface area contributed by atoms with E-state index in [-0.39, 0.29) is 17.1 Å². The zero-order valence-electron chi connectivity index (χ0n) is 11.9. The van der Waals surface area contributed by atoms with E-state index < -0.39 is 17.5 Å². The Bertz CT molecular complexity index is 932. The number of aromatic amines is 1. The topological polar surface area (TPSA) is 68.1 Å². The average molecular weight is 314 g/mol. The summed E-state index contributed by atoms with van der Waals surface area (Å²) < 4.78 is 33.3. The summed E-state index contributed by atoms with van der Waals surface area (Å²) >= 11 is 0. The summed E-state index contributed by atoms with van der Waals surface area (Å²) in [6, 6.07) is 6.50. The Morgan fingerprint density at radius 2 is 2.00 bits per heavy atom. The van der Waals surface area contributed by atoms with Gasteiger partial charge in [0.1, 0.15) is 11.6 Å². The second kappa shape index (κ2) is 5.57. The van der Waals surface area contributed by atoms with Crippen molar-refractivity contribution in [3.8, 4) is 11.5 Å². The molecule has 23 heavy (non-hydrogen) atoms. The first-order valence-electron chi connectivity index (χ1n) is 6.70. The minimum atomic E-state index is -0.932. The molecule has 0 radical (unpaired) electrons. The minimum Gasteiger partial charge on any atom is -0.454 e. The van der Waals surface area contributed by atoms with E-state index in [4.69, 9.17) is 10.5 Å². The fourth-order valence-electron chi connectivity index (χ4n) is 2.36. The number of nitrogens with two attached hydrogens (primary N) is 1. The van der Waals surface area contributed by atoms with Crippen molar-refractivity contribution in [1.82, 2.24) is 4.98 Å². The Morgan fingerprint density at radius 1 is 1.22 bits per heavy atom. The number of halogens is 2. The number of carbonyl (C=O) groups excluding carboxylic acids is 1. The molecule has 0 saturated heterocycles. The molecule has 6 heteroatoms. The molecular weight excluding hydrogens is 302 g/mol. The van der Waals surface area contributed by atoms with Crippen molar-refractivity contribution < 1.29 is 18.3 Å². The molecule has 1 amide bonds. The van der Waals surface area contributed by atoms with Gasteiger partial charge < -0.3 is 15.5 Å². The number of carbonyl (C=O) groups is 1.